The second-order valence-corrected chi connectivity index (χ2v) is 5.75. The van der Waals surface area contributed by atoms with Gasteiger partial charge in [-0.1, -0.05) is 39.0 Å². The van der Waals surface area contributed by atoms with Crippen LogP contribution in [-0.2, 0) is 4.79 Å². The average Bonchev–Trinajstić information content (AvgIpc) is 2.70. The summed E-state index contributed by atoms with van der Waals surface area (Å²) in [5.74, 6) is 0.708. The number of carbonyl (C=O) groups excluding carboxylic acids is 1. The van der Waals surface area contributed by atoms with Crippen LogP contribution in [-0.4, -0.2) is 18.6 Å². The Kier molecular flexibility index (Phi) is 3.30. The van der Waals surface area contributed by atoms with E-state index in [0.29, 0.717) is 6.61 Å². The van der Waals surface area contributed by atoms with Crippen LogP contribution in [0.4, 0.5) is 0 Å². The topological polar surface area (TPSA) is 64.4 Å². The molecule has 4 nitrogen and oxygen atoms in total. The highest BCUT2D eigenvalue weighted by Crippen LogP contribution is 2.32. The molecule has 1 amide bonds. The molecule has 98 valence electrons. The molecule has 1 aliphatic rings. The minimum Gasteiger partial charge on any atom is -0.491 e. The van der Waals surface area contributed by atoms with Crippen molar-refractivity contribution in [3.8, 4) is 5.75 Å². The molecule has 1 aliphatic heterocycles. The van der Waals surface area contributed by atoms with Gasteiger partial charge in [0.25, 0.3) is 0 Å². The number of nitrogens with two attached hydrogens (primary N) is 1. The quantitative estimate of drug-likeness (QED) is 0.835. The van der Waals surface area contributed by atoms with Gasteiger partial charge < -0.3 is 15.8 Å². The smallest absolute Gasteiger partial charge is 0.238 e. The summed E-state index contributed by atoms with van der Waals surface area (Å²) in [6.07, 6.45) is 0. The van der Waals surface area contributed by atoms with E-state index in [4.69, 9.17) is 10.5 Å². The molecule has 2 rings (SSSR count). The van der Waals surface area contributed by atoms with E-state index in [2.05, 4.69) is 5.32 Å². The molecule has 0 bridgehead atoms. The molecular weight excluding hydrogens is 228 g/mol. The Morgan fingerprint density at radius 1 is 1.44 bits per heavy atom. The SMILES string of the molecule is CC(C)(C)C(N)C(=O)NC1COc2ccccc21. The lowest BCUT2D eigenvalue weighted by molar-refractivity contribution is -0.125. The lowest BCUT2D eigenvalue weighted by Gasteiger charge is -2.27. The maximum Gasteiger partial charge on any atom is 0.238 e. The van der Waals surface area contributed by atoms with E-state index >= 15 is 0 Å². The lowest BCUT2D eigenvalue weighted by atomic mass is 9.86. The fraction of sp³-hybridized carbons (Fsp3) is 0.500. The second-order valence-electron chi connectivity index (χ2n) is 5.75. The summed E-state index contributed by atoms with van der Waals surface area (Å²) in [4.78, 5) is 12.1. The van der Waals surface area contributed by atoms with Crippen molar-refractivity contribution in [1.82, 2.24) is 5.32 Å². The van der Waals surface area contributed by atoms with Crippen molar-refractivity contribution < 1.29 is 9.53 Å². The van der Waals surface area contributed by atoms with Crippen molar-refractivity contribution in [2.75, 3.05) is 6.61 Å². The van der Waals surface area contributed by atoms with Crippen molar-refractivity contribution in [1.29, 1.82) is 0 Å². The van der Waals surface area contributed by atoms with Crippen molar-refractivity contribution in [3.63, 3.8) is 0 Å². The summed E-state index contributed by atoms with van der Waals surface area (Å²) >= 11 is 0. The number of hydrogen-bond donors (Lipinski definition) is 2. The Labute approximate surface area is 108 Å². The van der Waals surface area contributed by atoms with Gasteiger partial charge in [-0.2, -0.15) is 0 Å². The first-order valence-electron chi connectivity index (χ1n) is 6.17. The summed E-state index contributed by atoms with van der Waals surface area (Å²) in [5.41, 5.74) is 6.71. The molecule has 0 aliphatic carbocycles. The number of fused-ring (bicyclic) bond motifs is 1. The van der Waals surface area contributed by atoms with Gasteiger partial charge in [-0.05, 0) is 11.5 Å². The van der Waals surface area contributed by atoms with Crippen LogP contribution in [0.5, 0.6) is 5.75 Å². The molecule has 1 aromatic carbocycles. The molecule has 0 saturated heterocycles. The number of nitrogens with one attached hydrogen (secondary N) is 1. The van der Waals surface area contributed by atoms with E-state index in [0.717, 1.165) is 11.3 Å². The number of ether oxygens (including phenoxy) is 1. The average molecular weight is 248 g/mol. The van der Waals surface area contributed by atoms with E-state index in [1.165, 1.54) is 0 Å². The van der Waals surface area contributed by atoms with Crippen LogP contribution in [0.3, 0.4) is 0 Å². The zero-order chi connectivity index (χ0) is 13.3. The Morgan fingerprint density at radius 3 is 2.78 bits per heavy atom. The molecule has 1 heterocycles. The first-order chi connectivity index (χ1) is 8.39. The first-order valence-corrected chi connectivity index (χ1v) is 6.17. The number of benzene rings is 1. The summed E-state index contributed by atoms with van der Waals surface area (Å²) < 4.78 is 5.52. The van der Waals surface area contributed by atoms with Crippen LogP contribution in [0, 0.1) is 5.41 Å². The van der Waals surface area contributed by atoms with Crippen LogP contribution in [0.15, 0.2) is 24.3 Å². The summed E-state index contributed by atoms with van der Waals surface area (Å²) in [7, 11) is 0. The highest BCUT2D eigenvalue weighted by atomic mass is 16.5. The predicted molar refractivity (Wildman–Crippen MR) is 70.3 cm³/mol. The Bertz CT molecular complexity index is 451. The molecule has 4 heteroatoms. The zero-order valence-corrected chi connectivity index (χ0v) is 11.1. The molecule has 2 atom stereocenters. The van der Waals surface area contributed by atoms with Gasteiger partial charge in [-0.25, -0.2) is 0 Å². The summed E-state index contributed by atoms with van der Waals surface area (Å²) in [5, 5.41) is 2.95. The van der Waals surface area contributed by atoms with Gasteiger partial charge in [0.15, 0.2) is 0 Å². The van der Waals surface area contributed by atoms with Crippen LogP contribution in [0.1, 0.15) is 32.4 Å². The maximum absolute atomic E-state index is 12.1. The zero-order valence-electron chi connectivity index (χ0n) is 11.1. The molecular formula is C14H20N2O2. The second kappa shape index (κ2) is 4.61. The van der Waals surface area contributed by atoms with Crippen molar-refractivity contribution in [2.24, 2.45) is 11.1 Å². The van der Waals surface area contributed by atoms with Crippen LogP contribution >= 0.6 is 0 Å². The molecule has 0 fully saturated rings. The molecule has 3 N–H and O–H groups in total. The van der Waals surface area contributed by atoms with Gasteiger partial charge in [0.2, 0.25) is 5.91 Å². The monoisotopic (exact) mass is 248 g/mol. The number of hydrogen-bond acceptors (Lipinski definition) is 3. The fourth-order valence-electron chi connectivity index (χ4n) is 1.94. The van der Waals surface area contributed by atoms with Gasteiger partial charge in [-0.15, -0.1) is 0 Å². The first kappa shape index (κ1) is 12.9. The minimum absolute atomic E-state index is 0.0953. The van der Waals surface area contributed by atoms with Gasteiger partial charge in [-0.3, -0.25) is 4.79 Å². The van der Waals surface area contributed by atoms with E-state index in [1.807, 2.05) is 45.0 Å². The Balaban J connectivity index is 2.06. The number of carbonyl (C=O) groups is 1. The largest absolute Gasteiger partial charge is 0.491 e. The summed E-state index contributed by atoms with van der Waals surface area (Å²) in [6, 6.07) is 7.12. The number of rotatable bonds is 2. The van der Waals surface area contributed by atoms with Crippen LogP contribution in [0.25, 0.3) is 0 Å². The fourth-order valence-corrected chi connectivity index (χ4v) is 1.94. The molecule has 2 unspecified atom stereocenters. The molecule has 1 aromatic rings. The van der Waals surface area contributed by atoms with Crippen molar-refractivity contribution >= 4 is 5.91 Å². The molecule has 0 aromatic heterocycles. The van der Waals surface area contributed by atoms with Gasteiger partial charge in [0.1, 0.15) is 12.4 Å². The highest BCUT2D eigenvalue weighted by Gasteiger charge is 2.31. The van der Waals surface area contributed by atoms with Crippen LogP contribution in [0.2, 0.25) is 0 Å². The van der Waals surface area contributed by atoms with E-state index < -0.39 is 6.04 Å². The molecule has 0 spiro atoms. The molecule has 0 saturated carbocycles. The van der Waals surface area contributed by atoms with Gasteiger partial charge in [0, 0.05) is 5.56 Å². The standard InChI is InChI=1S/C14H20N2O2/c1-14(2,3)12(15)13(17)16-10-8-18-11-7-5-4-6-9(10)11/h4-7,10,12H,8,15H2,1-3H3,(H,16,17). The third-order valence-electron chi connectivity index (χ3n) is 3.23. The molecule has 18 heavy (non-hydrogen) atoms. The summed E-state index contributed by atoms with van der Waals surface area (Å²) in [6.45, 7) is 6.34. The normalized spacial score (nSPS) is 19.9. The highest BCUT2D eigenvalue weighted by molar-refractivity contribution is 5.83. The molecule has 0 radical (unpaired) electrons. The van der Waals surface area contributed by atoms with Crippen LogP contribution < -0.4 is 15.8 Å². The van der Waals surface area contributed by atoms with Gasteiger partial charge in [0.05, 0.1) is 12.1 Å². The van der Waals surface area contributed by atoms with E-state index in [1.54, 1.807) is 0 Å². The number of para-hydroxylation sites is 1. The number of amides is 1. The Hall–Kier alpha value is -1.55. The predicted octanol–water partition coefficient (Wildman–Crippen LogP) is 1.61. The minimum atomic E-state index is -0.523. The van der Waals surface area contributed by atoms with E-state index in [9.17, 15) is 4.79 Å². The van der Waals surface area contributed by atoms with Crippen molar-refractivity contribution in [2.45, 2.75) is 32.9 Å². The lowest BCUT2D eigenvalue weighted by Crippen LogP contribution is -2.49. The van der Waals surface area contributed by atoms with Gasteiger partial charge >= 0.3 is 0 Å². The Morgan fingerprint density at radius 2 is 2.11 bits per heavy atom. The van der Waals surface area contributed by atoms with Crippen molar-refractivity contribution in [3.05, 3.63) is 29.8 Å². The van der Waals surface area contributed by atoms with E-state index in [-0.39, 0.29) is 17.4 Å². The maximum atomic E-state index is 12.1. The third-order valence-corrected chi connectivity index (χ3v) is 3.23. The third kappa shape index (κ3) is 2.48.